The molecule has 0 aliphatic rings. The molecule has 1 heterocycles. The average molecular weight is 422 g/mol. The lowest BCUT2D eigenvalue weighted by atomic mass is 10.0. The number of ether oxygens (including phenoxy) is 1. The number of carbonyl (C=O) groups excluding carboxylic acids is 2. The molecule has 3 rings (SSSR count). The number of amides is 1. The topological polar surface area (TPSA) is 83.2 Å². The van der Waals surface area contributed by atoms with Crippen LogP contribution in [-0.4, -0.2) is 35.0 Å². The van der Waals surface area contributed by atoms with Gasteiger partial charge in [-0.3, -0.25) is 4.79 Å². The highest BCUT2D eigenvalue weighted by Crippen LogP contribution is 2.20. The van der Waals surface area contributed by atoms with Crippen molar-refractivity contribution >= 4 is 22.8 Å². The van der Waals surface area contributed by atoms with E-state index in [2.05, 4.69) is 15.6 Å². The summed E-state index contributed by atoms with van der Waals surface area (Å²) in [5.74, 6) is -0.611. The first-order valence-corrected chi connectivity index (χ1v) is 10.6. The van der Waals surface area contributed by atoms with Gasteiger partial charge in [-0.1, -0.05) is 48.5 Å². The average Bonchev–Trinajstić information content (AvgIpc) is 3.13. The van der Waals surface area contributed by atoms with Crippen LogP contribution in [0.1, 0.15) is 38.3 Å². The molecule has 31 heavy (non-hydrogen) atoms. The molecule has 1 amide bonds. The summed E-state index contributed by atoms with van der Waals surface area (Å²) in [6.45, 7) is 6.68. The van der Waals surface area contributed by atoms with Crippen molar-refractivity contribution in [2.45, 2.75) is 51.8 Å². The van der Waals surface area contributed by atoms with Crippen molar-refractivity contribution < 1.29 is 14.3 Å². The Morgan fingerprint density at radius 1 is 1.03 bits per heavy atom. The van der Waals surface area contributed by atoms with E-state index in [1.807, 2.05) is 81.6 Å². The Labute approximate surface area is 183 Å². The molecule has 0 saturated heterocycles. The number of fused-ring (bicyclic) bond motifs is 1. The van der Waals surface area contributed by atoms with Crippen LogP contribution in [0.15, 0.2) is 60.8 Å². The lowest BCUT2D eigenvalue weighted by molar-refractivity contribution is -0.158. The van der Waals surface area contributed by atoms with Crippen LogP contribution in [0.3, 0.4) is 0 Å². The third kappa shape index (κ3) is 6.96. The van der Waals surface area contributed by atoms with Crippen molar-refractivity contribution in [2.24, 2.45) is 0 Å². The molecule has 2 aromatic carbocycles. The highest BCUT2D eigenvalue weighted by Gasteiger charge is 2.27. The van der Waals surface area contributed by atoms with E-state index in [9.17, 15) is 9.59 Å². The number of rotatable bonds is 9. The number of benzene rings is 2. The fraction of sp³-hybridized carbons (Fsp3) is 0.360. The molecule has 6 nitrogen and oxygen atoms in total. The van der Waals surface area contributed by atoms with Crippen molar-refractivity contribution in [3.05, 3.63) is 71.9 Å². The zero-order valence-corrected chi connectivity index (χ0v) is 18.4. The largest absolute Gasteiger partial charge is 0.458 e. The van der Waals surface area contributed by atoms with E-state index < -0.39 is 17.6 Å². The minimum absolute atomic E-state index is 0.184. The third-order valence-corrected chi connectivity index (χ3v) is 4.83. The molecule has 0 aliphatic heterocycles. The predicted molar refractivity (Wildman–Crippen MR) is 123 cm³/mol. The van der Waals surface area contributed by atoms with Gasteiger partial charge in [0.2, 0.25) is 5.91 Å². The van der Waals surface area contributed by atoms with Crippen LogP contribution in [0.25, 0.3) is 10.9 Å². The standard InChI is InChI=1S/C25H31N3O3/c1-25(2,3)31-24(30)22(15-19-17-27-21-12-8-7-11-20(19)21)28-23(29)13-14-26-16-18-9-5-4-6-10-18/h4-12,17,22,26-27H,13-16H2,1-3H3,(H,28,29)/t22-/m0/s1. The van der Waals surface area contributed by atoms with Gasteiger partial charge in [-0.2, -0.15) is 0 Å². The van der Waals surface area contributed by atoms with E-state index in [-0.39, 0.29) is 12.3 Å². The fourth-order valence-electron chi connectivity index (χ4n) is 3.38. The first kappa shape index (κ1) is 22.6. The quantitative estimate of drug-likeness (QED) is 0.363. The second-order valence-electron chi connectivity index (χ2n) is 8.63. The Morgan fingerprint density at radius 3 is 2.48 bits per heavy atom. The molecule has 0 spiro atoms. The molecular formula is C25H31N3O3. The van der Waals surface area contributed by atoms with E-state index in [1.54, 1.807) is 0 Å². The molecular weight excluding hydrogens is 390 g/mol. The van der Waals surface area contributed by atoms with Crippen LogP contribution in [0.5, 0.6) is 0 Å². The summed E-state index contributed by atoms with van der Waals surface area (Å²) in [5.41, 5.74) is 2.50. The highest BCUT2D eigenvalue weighted by molar-refractivity contribution is 5.87. The lowest BCUT2D eigenvalue weighted by Gasteiger charge is -2.24. The van der Waals surface area contributed by atoms with Gasteiger partial charge in [0.15, 0.2) is 0 Å². The first-order valence-electron chi connectivity index (χ1n) is 10.6. The monoisotopic (exact) mass is 421 g/mol. The summed E-state index contributed by atoms with van der Waals surface area (Å²) < 4.78 is 5.57. The summed E-state index contributed by atoms with van der Waals surface area (Å²) in [5, 5.41) is 7.17. The summed E-state index contributed by atoms with van der Waals surface area (Å²) in [4.78, 5) is 28.6. The maximum atomic E-state index is 12.8. The van der Waals surface area contributed by atoms with Crippen molar-refractivity contribution in [1.82, 2.24) is 15.6 Å². The number of para-hydroxylation sites is 1. The van der Waals surface area contributed by atoms with Crippen molar-refractivity contribution in [1.29, 1.82) is 0 Å². The molecule has 1 atom stereocenters. The van der Waals surface area contributed by atoms with Gasteiger partial charge in [-0.05, 0) is 38.0 Å². The number of hydrogen-bond donors (Lipinski definition) is 3. The van der Waals surface area contributed by atoms with Gasteiger partial charge in [0, 0.05) is 43.0 Å². The normalized spacial score (nSPS) is 12.5. The second kappa shape index (κ2) is 10.3. The van der Waals surface area contributed by atoms with Gasteiger partial charge >= 0.3 is 5.97 Å². The van der Waals surface area contributed by atoms with E-state index in [0.29, 0.717) is 19.5 Å². The van der Waals surface area contributed by atoms with Crippen LogP contribution < -0.4 is 10.6 Å². The lowest BCUT2D eigenvalue weighted by Crippen LogP contribution is -2.46. The Bertz CT molecular complexity index is 1010. The molecule has 164 valence electrons. The molecule has 0 fully saturated rings. The SMILES string of the molecule is CC(C)(C)OC(=O)[C@H](Cc1c[nH]c2ccccc12)NC(=O)CCNCc1ccccc1. The van der Waals surface area contributed by atoms with Gasteiger partial charge in [0.05, 0.1) is 0 Å². The number of carbonyl (C=O) groups is 2. The Balaban J connectivity index is 1.60. The van der Waals surface area contributed by atoms with E-state index in [1.165, 1.54) is 0 Å². The zero-order valence-electron chi connectivity index (χ0n) is 18.4. The van der Waals surface area contributed by atoms with Crippen molar-refractivity contribution in [2.75, 3.05) is 6.54 Å². The molecule has 0 saturated carbocycles. The van der Waals surface area contributed by atoms with Crippen molar-refractivity contribution in [3.63, 3.8) is 0 Å². The summed E-state index contributed by atoms with van der Waals surface area (Å²) in [6, 6.07) is 17.2. The van der Waals surface area contributed by atoms with Crippen LogP contribution in [0.2, 0.25) is 0 Å². The smallest absolute Gasteiger partial charge is 0.329 e. The molecule has 3 aromatic rings. The third-order valence-electron chi connectivity index (χ3n) is 4.83. The van der Waals surface area contributed by atoms with Gasteiger partial charge in [-0.25, -0.2) is 4.79 Å². The molecule has 0 bridgehead atoms. The van der Waals surface area contributed by atoms with Gasteiger partial charge in [0.1, 0.15) is 11.6 Å². The van der Waals surface area contributed by atoms with E-state index in [4.69, 9.17) is 4.74 Å². The highest BCUT2D eigenvalue weighted by atomic mass is 16.6. The summed E-state index contributed by atoms with van der Waals surface area (Å²) >= 11 is 0. The van der Waals surface area contributed by atoms with Gasteiger partial charge in [0.25, 0.3) is 0 Å². The Kier molecular flexibility index (Phi) is 7.47. The predicted octanol–water partition coefficient (Wildman–Crippen LogP) is 3.72. The molecule has 0 radical (unpaired) electrons. The number of aromatic nitrogens is 1. The number of hydrogen-bond acceptors (Lipinski definition) is 4. The molecule has 6 heteroatoms. The van der Waals surface area contributed by atoms with Crippen LogP contribution in [0, 0.1) is 0 Å². The maximum Gasteiger partial charge on any atom is 0.329 e. The molecule has 3 N–H and O–H groups in total. The second-order valence-corrected chi connectivity index (χ2v) is 8.63. The zero-order chi connectivity index (χ0) is 22.3. The van der Waals surface area contributed by atoms with Gasteiger partial charge < -0.3 is 20.4 Å². The van der Waals surface area contributed by atoms with Crippen molar-refractivity contribution in [3.8, 4) is 0 Å². The number of nitrogens with one attached hydrogen (secondary N) is 3. The Morgan fingerprint density at radius 2 is 1.74 bits per heavy atom. The number of aromatic amines is 1. The number of esters is 1. The first-order chi connectivity index (χ1) is 14.8. The van der Waals surface area contributed by atoms with E-state index >= 15 is 0 Å². The van der Waals surface area contributed by atoms with Gasteiger partial charge in [-0.15, -0.1) is 0 Å². The maximum absolute atomic E-state index is 12.8. The molecule has 0 aliphatic carbocycles. The minimum Gasteiger partial charge on any atom is -0.458 e. The summed E-state index contributed by atoms with van der Waals surface area (Å²) in [6.07, 6.45) is 2.53. The molecule has 1 aromatic heterocycles. The Hall–Kier alpha value is -3.12. The van der Waals surface area contributed by atoms with E-state index in [0.717, 1.165) is 22.0 Å². The fourth-order valence-corrected chi connectivity index (χ4v) is 3.38. The van der Waals surface area contributed by atoms with Crippen LogP contribution >= 0.6 is 0 Å². The summed E-state index contributed by atoms with van der Waals surface area (Å²) in [7, 11) is 0. The van der Waals surface area contributed by atoms with Crippen LogP contribution in [0.4, 0.5) is 0 Å². The van der Waals surface area contributed by atoms with Crippen LogP contribution in [-0.2, 0) is 27.3 Å². The number of H-pyrrole nitrogens is 1. The molecule has 0 unspecified atom stereocenters. The minimum atomic E-state index is -0.750.